The maximum Gasteiger partial charge on any atom is 0.410 e. The number of likely N-dealkylation sites (tertiary alicyclic amines) is 1. The molecule has 0 bridgehead atoms. The van der Waals surface area contributed by atoms with Crippen LogP contribution in [0.5, 0.6) is 0 Å². The molecule has 0 aromatic heterocycles. The highest BCUT2D eigenvalue weighted by Gasteiger charge is 2.50. The lowest BCUT2D eigenvalue weighted by molar-refractivity contribution is 0.0292. The van der Waals surface area contributed by atoms with Gasteiger partial charge in [0.15, 0.2) is 17.5 Å². The molecule has 5 heterocycles. The lowest BCUT2D eigenvalue weighted by Crippen LogP contribution is -2.43. The predicted octanol–water partition coefficient (Wildman–Crippen LogP) is 3.24. The Morgan fingerprint density at radius 2 is 1.98 bits per heavy atom. The number of halogens is 1. The van der Waals surface area contributed by atoms with Crippen LogP contribution in [-0.2, 0) is 23.9 Å². The third-order valence-corrected chi connectivity index (χ3v) is 8.50. The number of nitrogens with zero attached hydrogens (tertiary/aromatic N) is 3. The van der Waals surface area contributed by atoms with Gasteiger partial charge < -0.3 is 29.3 Å². The summed E-state index contributed by atoms with van der Waals surface area (Å²) < 4.78 is 25.8. The fraction of sp³-hybridized carbons (Fsp3) is 0.406. The molecular formula is C32H30FN3O7. The quantitative estimate of drug-likeness (QED) is 0.521. The third-order valence-electron chi connectivity index (χ3n) is 8.50. The van der Waals surface area contributed by atoms with Crippen molar-refractivity contribution >= 4 is 35.2 Å². The van der Waals surface area contributed by atoms with Gasteiger partial charge in [0.2, 0.25) is 5.76 Å². The zero-order valence-corrected chi connectivity index (χ0v) is 24.2. The highest BCUT2D eigenvalue weighted by Crippen LogP contribution is 2.53. The zero-order valence-electron chi connectivity index (χ0n) is 24.2. The van der Waals surface area contributed by atoms with Crippen LogP contribution in [0.3, 0.4) is 0 Å². The molecule has 6 rings (SSSR count). The molecule has 1 amide bonds. The van der Waals surface area contributed by atoms with Crippen molar-refractivity contribution < 1.29 is 38.1 Å². The molecule has 5 aliphatic rings. The van der Waals surface area contributed by atoms with Crippen LogP contribution >= 0.6 is 0 Å². The Morgan fingerprint density at radius 1 is 1.21 bits per heavy atom. The van der Waals surface area contributed by atoms with E-state index in [1.165, 1.54) is 12.1 Å². The standard InChI is InChI=1S/C32H30FN3O7/c1-5-32(41)23-11-25-29-21(14-37)20-10-18(33)6-7-24(20)36(19-8-9-34(12-19)30(40)43-31(2,3)4)26(29)13-35(25)27(15-38)22(23)17-42-28(32)16-39/h6-7,10-11,19,41H,5,8-9,12-13,17H2,1-4H3/t19-,32+/m1/s1. The average Bonchev–Trinajstić information content (AvgIpc) is 3.60. The van der Waals surface area contributed by atoms with Gasteiger partial charge in [-0.15, -0.1) is 0 Å². The summed E-state index contributed by atoms with van der Waals surface area (Å²) in [6, 6.07) is 3.91. The largest absolute Gasteiger partial charge is 0.479 e. The van der Waals surface area contributed by atoms with Crippen molar-refractivity contribution in [3.05, 3.63) is 75.2 Å². The van der Waals surface area contributed by atoms with Crippen molar-refractivity contribution in [2.45, 2.75) is 57.8 Å². The lowest BCUT2D eigenvalue weighted by atomic mass is 9.79. The van der Waals surface area contributed by atoms with Crippen LogP contribution in [0.25, 0.3) is 5.57 Å². The van der Waals surface area contributed by atoms with E-state index in [-0.39, 0.29) is 48.2 Å². The highest BCUT2D eigenvalue weighted by atomic mass is 19.1. The van der Waals surface area contributed by atoms with E-state index in [1.54, 1.807) is 55.6 Å². The Hall–Kier alpha value is -4.65. The molecule has 1 fully saturated rings. The number of rotatable bonds is 2. The average molecular weight is 588 g/mol. The normalized spacial score (nSPS) is 24.4. The second kappa shape index (κ2) is 9.97. The van der Waals surface area contributed by atoms with Crippen molar-refractivity contribution in [2.75, 3.05) is 31.1 Å². The van der Waals surface area contributed by atoms with E-state index >= 15 is 0 Å². The summed E-state index contributed by atoms with van der Waals surface area (Å²) in [5.74, 6) is 4.81. The molecule has 222 valence electrons. The molecule has 1 saturated heterocycles. The van der Waals surface area contributed by atoms with E-state index in [1.807, 2.05) is 16.8 Å². The Bertz CT molecular complexity index is 1710. The topological polar surface area (TPSA) is 117 Å². The molecule has 0 spiro atoms. The van der Waals surface area contributed by atoms with Gasteiger partial charge in [0.25, 0.3) is 0 Å². The lowest BCUT2D eigenvalue weighted by Gasteiger charge is -2.39. The van der Waals surface area contributed by atoms with Gasteiger partial charge in [-0.05, 0) is 57.9 Å². The van der Waals surface area contributed by atoms with Gasteiger partial charge in [-0.1, -0.05) is 6.92 Å². The number of carbonyl (C=O) groups is 1. The Labute approximate surface area is 247 Å². The minimum absolute atomic E-state index is 0.0529. The Kier molecular flexibility index (Phi) is 6.60. The summed E-state index contributed by atoms with van der Waals surface area (Å²) in [4.78, 5) is 55.0. The van der Waals surface area contributed by atoms with Crippen molar-refractivity contribution in [3.8, 4) is 0 Å². The molecule has 1 N–H and O–H groups in total. The van der Waals surface area contributed by atoms with Gasteiger partial charge in [-0.25, -0.2) is 23.6 Å². The molecule has 5 aliphatic heterocycles. The van der Waals surface area contributed by atoms with Crippen LogP contribution < -0.4 is 4.90 Å². The number of hydrogen-bond donors (Lipinski definition) is 1. The first kappa shape index (κ1) is 28.5. The van der Waals surface area contributed by atoms with Crippen LogP contribution in [0.2, 0.25) is 0 Å². The van der Waals surface area contributed by atoms with Crippen LogP contribution in [0.15, 0.2) is 63.8 Å². The van der Waals surface area contributed by atoms with Crippen LogP contribution in [-0.4, -0.2) is 82.3 Å². The maximum atomic E-state index is 14.7. The fourth-order valence-electron chi connectivity index (χ4n) is 6.58. The van der Waals surface area contributed by atoms with Crippen molar-refractivity contribution in [1.29, 1.82) is 0 Å². The van der Waals surface area contributed by atoms with Gasteiger partial charge >= 0.3 is 6.09 Å². The first-order valence-corrected chi connectivity index (χ1v) is 14.1. The second-order valence-corrected chi connectivity index (χ2v) is 12.1. The van der Waals surface area contributed by atoms with Crippen molar-refractivity contribution in [2.24, 2.45) is 0 Å². The summed E-state index contributed by atoms with van der Waals surface area (Å²) in [5, 5.41) is 11.6. The molecule has 11 heteroatoms. The summed E-state index contributed by atoms with van der Waals surface area (Å²) >= 11 is 0. The Morgan fingerprint density at radius 3 is 2.63 bits per heavy atom. The van der Waals surface area contributed by atoms with E-state index in [0.717, 1.165) is 0 Å². The number of ether oxygens (including phenoxy) is 2. The molecule has 0 radical (unpaired) electrons. The molecule has 0 unspecified atom stereocenters. The minimum atomic E-state index is -1.86. The van der Waals surface area contributed by atoms with Crippen LogP contribution in [0.1, 0.15) is 46.1 Å². The zero-order chi connectivity index (χ0) is 30.8. The molecule has 0 saturated carbocycles. The predicted molar refractivity (Wildman–Crippen MR) is 153 cm³/mol. The van der Waals surface area contributed by atoms with E-state index in [2.05, 4.69) is 0 Å². The van der Waals surface area contributed by atoms with Crippen molar-refractivity contribution in [1.82, 2.24) is 9.80 Å². The molecule has 43 heavy (non-hydrogen) atoms. The molecule has 1 aromatic rings. The van der Waals surface area contributed by atoms with E-state index < -0.39 is 23.1 Å². The third kappa shape index (κ3) is 4.29. The van der Waals surface area contributed by atoms with Gasteiger partial charge in [0.1, 0.15) is 29.7 Å². The number of benzene rings is 1. The van der Waals surface area contributed by atoms with Crippen molar-refractivity contribution in [3.63, 3.8) is 0 Å². The first-order chi connectivity index (χ1) is 20.4. The number of aliphatic hydroxyl groups is 1. The smallest absolute Gasteiger partial charge is 0.410 e. The highest BCUT2D eigenvalue weighted by molar-refractivity contribution is 6.06. The molecular weight excluding hydrogens is 557 g/mol. The van der Waals surface area contributed by atoms with Crippen LogP contribution in [0, 0.1) is 5.82 Å². The van der Waals surface area contributed by atoms with E-state index in [0.29, 0.717) is 53.3 Å². The Balaban J connectivity index is 1.51. The molecule has 0 aliphatic carbocycles. The van der Waals surface area contributed by atoms with Gasteiger partial charge in [-0.3, -0.25) is 0 Å². The summed E-state index contributed by atoms with van der Waals surface area (Å²) in [6.07, 6.45) is 1.82. The summed E-state index contributed by atoms with van der Waals surface area (Å²) in [6.45, 7) is 7.78. The number of allylic oxidation sites excluding steroid dienone is 1. The monoisotopic (exact) mass is 587 g/mol. The van der Waals surface area contributed by atoms with Gasteiger partial charge in [-0.2, -0.15) is 0 Å². The number of fused-ring (bicyclic) bond motifs is 3. The summed E-state index contributed by atoms with van der Waals surface area (Å²) in [7, 11) is 0. The number of carbonyl (C=O) groups excluding carboxylic acids is 4. The molecule has 2 atom stereocenters. The van der Waals surface area contributed by atoms with Crippen LogP contribution in [0.4, 0.5) is 14.9 Å². The minimum Gasteiger partial charge on any atom is -0.479 e. The SMILES string of the molecule is CC[C@@]1(O)C(=C=O)OCC2=C1C=C1C3=C(CN1C2=C=O)N([C@@H]1CCN(C(=O)OC(C)(C)C)C1)c1ccc(F)cc1C3=C=O. The number of anilines is 1. The molecule has 10 nitrogen and oxygen atoms in total. The van der Waals surface area contributed by atoms with Gasteiger partial charge in [0, 0.05) is 41.1 Å². The number of hydrogen-bond acceptors (Lipinski definition) is 9. The first-order valence-electron chi connectivity index (χ1n) is 14.1. The van der Waals surface area contributed by atoms with Gasteiger partial charge in [0.05, 0.1) is 29.5 Å². The number of amides is 1. The summed E-state index contributed by atoms with van der Waals surface area (Å²) in [5.41, 5.74) is 0.682. The second-order valence-electron chi connectivity index (χ2n) is 12.1. The van der Waals surface area contributed by atoms with E-state index in [9.17, 15) is 28.7 Å². The molecule has 1 aromatic carbocycles. The van der Waals surface area contributed by atoms with E-state index in [4.69, 9.17) is 9.47 Å². The maximum absolute atomic E-state index is 14.7. The fourth-order valence-corrected chi connectivity index (χ4v) is 6.58.